The van der Waals surface area contributed by atoms with Crippen molar-refractivity contribution in [1.82, 2.24) is 4.90 Å². The molecular formula is C18H24ClNO5. The zero-order chi connectivity index (χ0) is 18.8. The van der Waals surface area contributed by atoms with Gasteiger partial charge in [-0.1, -0.05) is 11.6 Å². The van der Waals surface area contributed by atoms with Gasteiger partial charge < -0.3 is 19.1 Å². The summed E-state index contributed by atoms with van der Waals surface area (Å²) in [6.07, 6.45) is 3.93. The van der Waals surface area contributed by atoms with Crippen LogP contribution in [-0.2, 0) is 14.3 Å². The molecule has 0 radical (unpaired) electrons. The number of likely N-dealkylation sites (N-methyl/N-ethyl adjacent to an activating group) is 1. The van der Waals surface area contributed by atoms with E-state index in [0.717, 1.165) is 5.56 Å². The smallest absolute Gasteiger partial charge is 0.305 e. The van der Waals surface area contributed by atoms with Gasteiger partial charge in [-0.3, -0.25) is 9.59 Å². The van der Waals surface area contributed by atoms with Crippen molar-refractivity contribution in [3.8, 4) is 11.5 Å². The van der Waals surface area contributed by atoms with Crippen LogP contribution in [0.2, 0.25) is 5.02 Å². The van der Waals surface area contributed by atoms with Crippen molar-refractivity contribution in [2.24, 2.45) is 0 Å². The number of carbonyl (C=O) groups excluding carboxylic acids is 2. The molecule has 0 fully saturated rings. The Kier molecular flexibility index (Phi) is 8.84. The van der Waals surface area contributed by atoms with Crippen LogP contribution in [-0.4, -0.2) is 51.2 Å². The van der Waals surface area contributed by atoms with Crippen molar-refractivity contribution in [2.45, 2.75) is 19.8 Å². The minimum absolute atomic E-state index is 0.172. The fraction of sp³-hybridized carbons (Fsp3) is 0.444. The summed E-state index contributed by atoms with van der Waals surface area (Å²) in [6.45, 7) is 2.80. The highest BCUT2D eigenvalue weighted by Crippen LogP contribution is 2.36. The molecular weight excluding hydrogens is 346 g/mol. The third kappa shape index (κ3) is 6.66. The van der Waals surface area contributed by atoms with Crippen molar-refractivity contribution < 1.29 is 23.8 Å². The lowest BCUT2D eigenvalue weighted by Crippen LogP contribution is -2.26. The van der Waals surface area contributed by atoms with Gasteiger partial charge in [-0.05, 0) is 37.1 Å². The number of ether oxygens (including phenoxy) is 3. The van der Waals surface area contributed by atoms with Crippen molar-refractivity contribution in [3.05, 3.63) is 28.8 Å². The van der Waals surface area contributed by atoms with Crippen LogP contribution in [0, 0.1) is 0 Å². The number of nitrogens with zero attached hydrogens (tertiary/aromatic N) is 1. The topological polar surface area (TPSA) is 65.1 Å². The van der Waals surface area contributed by atoms with Gasteiger partial charge in [0.1, 0.15) is 0 Å². The van der Waals surface area contributed by atoms with Gasteiger partial charge in [0.2, 0.25) is 5.91 Å². The van der Waals surface area contributed by atoms with Crippen LogP contribution in [0.4, 0.5) is 0 Å². The SMILES string of the molecule is CCOc1c(Cl)cc(C=CC(=O)N(C)CCCC(=O)OC)cc1OC. The van der Waals surface area contributed by atoms with Crippen LogP contribution < -0.4 is 9.47 Å². The number of hydrogen-bond donors (Lipinski definition) is 0. The molecule has 0 N–H and O–H groups in total. The normalized spacial score (nSPS) is 10.6. The van der Waals surface area contributed by atoms with E-state index in [1.807, 2.05) is 6.92 Å². The van der Waals surface area contributed by atoms with Crippen LogP contribution in [0.3, 0.4) is 0 Å². The average molecular weight is 370 g/mol. The molecule has 0 aliphatic rings. The number of carbonyl (C=O) groups is 2. The summed E-state index contributed by atoms with van der Waals surface area (Å²) in [4.78, 5) is 24.7. The highest BCUT2D eigenvalue weighted by Gasteiger charge is 2.11. The number of esters is 1. The molecule has 0 aliphatic carbocycles. The molecule has 0 spiro atoms. The zero-order valence-electron chi connectivity index (χ0n) is 15.0. The molecule has 1 aromatic rings. The van der Waals surface area contributed by atoms with Crippen molar-refractivity contribution in [2.75, 3.05) is 34.4 Å². The lowest BCUT2D eigenvalue weighted by Gasteiger charge is -2.14. The molecule has 25 heavy (non-hydrogen) atoms. The van der Waals surface area contributed by atoms with E-state index in [1.165, 1.54) is 25.2 Å². The molecule has 0 unspecified atom stereocenters. The van der Waals surface area contributed by atoms with Crippen LogP contribution in [0.15, 0.2) is 18.2 Å². The van der Waals surface area contributed by atoms with Crippen LogP contribution in [0.5, 0.6) is 11.5 Å². The molecule has 0 aliphatic heterocycles. The second kappa shape index (κ2) is 10.6. The van der Waals surface area contributed by atoms with Crippen LogP contribution >= 0.6 is 11.6 Å². The number of halogens is 1. The summed E-state index contributed by atoms with van der Waals surface area (Å²) in [5, 5.41) is 0.416. The zero-order valence-corrected chi connectivity index (χ0v) is 15.8. The van der Waals surface area contributed by atoms with E-state index in [9.17, 15) is 9.59 Å². The molecule has 0 saturated heterocycles. The van der Waals surface area contributed by atoms with Gasteiger partial charge in [-0.25, -0.2) is 0 Å². The molecule has 0 heterocycles. The van der Waals surface area contributed by atoms with E-state index >= 15 is 0 Å². The highest BCUT2D eigenvalue weighted by atomic mass is 35.5. The molecule has 0 bridgehead atoms. The van der Waals surface area contributed by atoms with Gasteiger partial charge in [0.15, 0.2) is 11.5 Å². The standard InChI is InChI=1S/C18H24ClNO5/c1-5-25-18-14(19)11-13(12-15(18)23-3)8-9-16(21)20(2)10-6-7-17(22)24-4/h8-9,11-12H,5-7,10H2,1-4H3. The quantitative estimate of drug-likeness (QED) is 0.494. The summed E-state index contributed by atoms with van der Waals surface area (Å²) in [6, 6.07) is 3.45. The van der Waals surface area contributed by atoms with Gasteiger partial charge in [-0.15, -0.1) is 0 Å². The van der Waals surface area contributed by atoms with Gasteiger partial charge in [0.25, 0.3) is 0 Å². The number of methoxy groups -OCH3 is 2. The molecule has 1 rings (SSSR count). The lowest BCUT2D eigenvalue weighted by molar-refractivity contribution is -0.141. The lowest BCUT2D eigenvalue weighted by atomic mass is 10.2. The summed E-state index contributed by atoms with van der Waals surface area (Å²) in [5.74, 6) is 0.532. The van der Waals surface area contributed by atoms with E-state index < -0.39 is 0 Å². The molecule has 0 saturated carbocycles. The maximum atomic E-state index is 12.1. The third-order valence-corrected chi connectivity index (χ3v) is 3.72. The van der Waals surface area contributed by atoms with Crippen LogP contribution in [0.25, 0.3) is 6.08 Å². The van der Waals surface area contributed by atoms with E-state index in [4.69, 9.17) is 21.1 Å². The predicted molar refractivity (Wildman–Crippen MR) is 97.1 cm³/mol. The first kappa shape index (κ1) is 20.8. The van der Waals surface area contributed by atoms with Gasteiger partial charge in [0.05, 0.1) is 25.8 Å². The average Bonchev–Trinajstić information content (AvgIpc) is 2.61. The van der Waals surface area contributed by atoms with Gasteiger partial charge >= 0.3 is 5.97 Å². The van der Waals surface area contributed by atoms with E-state index in [1.54, 1.807) is 25.3 Å². The van der Waals surface area contributed by atoms with Crippen molar-refractivity contribution in [3.63, 3.8) is 0 Å². The summed E-state index contributed by atoms with van der Waals surface area (Å²) < 4.78 is 15.3. The summed E-state index contributed by atoms with van der Waals surface area (Å²) in [7, 11) is 4.55. The Morgan fingerprint density at radius 1 is 1.28 bits per heavy atom. The maximum Gasteiger partial charge on any atom is 0.305 e. The highest BCUT2D eigenvalue weighted by molar-refractivity contribution is 6.32. The number of amides is 1. The predicted octanol–water partition coefficient (Wildman–Crippen LogP) is 3.17. The second-order valence-electron chi connectivity index (χ2n) is 5.24. The molecule has 6 nitrogen and oxygen atoms in total. The minimum Gasteiger partial charge on any atom is -0.493 e. The number of benzene rings is 1. The largest absolute Gasteiger partial charge is 0.493 e. The Morgan fingerprint density at radius 3 is 2.60 bits per heavy atom. The summed E-state index contributed by atoms with van der Waals surface area (Å²) in [5.41, 5.74) is 0.724. The molecule has 138 valence electrons. The monoisotopic (exact) mass is 369 g/mol. The molecule has 1 aromatic carbocycles. The van der Waals surface area contributed by atoms with Gasteiger partial charge in [0, 0.05) is 26.1 Å². The first-order chi connectivity index (χ1) is 11.9. The summed E-state index contributed by atoms with van der Waals surface area (Å²) >= 11 is 6.20. The fourth-order valence-electron chi connectivity index (χ4n) is 2.09. The third-order valence-electron chi connectivity index (χ3n) is 3.44. The van der Waals surface area contributed by atoms with E-state index in [2.05, 4.69) is 4.74 Å². The number of rotatable bonds is 9. The maximum absolute atomic E-state index is 12.1. The Morgan fingerprint density at radius 2 is 2.00 bits per heavy atom. The second-order valence-corrected chi connectivity index (χ2v) is 5.65. The Hall–Kier alpha value is -2.21. The first-order valence-electron chi connectivity index (χ1n) is 7.93. The van der Waals surface area contributed by atoms with Crippen molar-refractivity contribution in [1.29, 1.82) is 0 Å². The first-order valence-corrected chi connectivity index (χ1v) is 8.31. The molecule has 7 heteroatoms. The van der Waals surface area contributed by atoms with Crippen molar-refractivity contribution >= 4 is 29.6 Å². The fourth-order valence-corrected chi connectivity index (χ4v) is 2.36. The Balaban J connectivity index is 2.72. The minimum atomic E-state index is -0.285. The molecule has 0 aromatic heterocycles. The molecule has 0 atom stereocenters. The Labute approximate surface area is 153 Å². The van der Waals surface area contributed by atoms with Crippen LogP contribution in [0.1, 0.15) is 25.3 Å². The Bertz CT molecular complexity index is 630. The number of hydrogen-bond acceptors (Lipinski definition) is 5. The van der Waals surface area contributed by atoms with E-state index in [-0.39, 0.29) is 18.3 Å². The van der Waals surface area contributed by atoms with E-state index in [0.29, 0.717) is 36.1 Å². The van der Waals surface area contributed by atoms with Gasteiger partial charge in [-0.2, -0.15) is 0 Å². The molecule has 1 amide bonds.